The molecule has 2 fully saturated rings. The first-order valence-corrected chi connectivity index (χ1v) is 10.5. The number of amides is 2. The Hall–Kier alpha value is -3.39. The van der Waals surface area contributed by atoms with Crippen LogP contribution in [0.15, 0.2) is 48.5 Å². The van der Waals surface area contributed by atoms with Crippen LogP contribution in [0.25, 0.3) is 0 Å². The average Bonchev–Trinajstić information content (AvgIpc) is 3.26. The molecule has 2 aromatic carbocycles. The second kappa shape index (κ2) is 9.00. The zero-order chi connectivity index (χ0) is 22.8. The molecule has 0 unspecified atom stereocenters. The van der Waals surface area contributed by atoms with Crippen LogP contribution in [0.4, 0.5) is 0 Å². The normalized spacial score (nSPS) is 23.5. The minimum absolute atomic E-state index is 0.0584. The number of methoxy groups -OCH3 is 2. The highest BCUT2D eigenvalue weighted by atomic mass is 16.5. The highest BCUT2D eigenvalue weighted by Crippen LogP contribution is 2.36. The molecule has 0 radical (unpaired) electrons. The number of imide groups is 1. The molecule has 2 aromatic rings. The number of ether oxygens (including phenoxy) is 3. The Kier molecular flexibility index (Phi) is 6.14. The predicted molar refractivity (Wildman–Crippen MR) is 114 cm³/mol. The summed E-state index contributed by atoms with van der Waals surface area (Å²) in [5.41, 5.74) is 0.275. The lowest BCUT2D eigenvalue weighted by Crippen LogP contribution is -2.73. The SMILES string of the molecule is COc1ccc(O[C@H]2C(=O)N(C(=O)c3ccc(OC)cc3)[C@H]2[C@H](O)[C@H]2CCCC2=O)cc1. The molecule has 1 saturated carbocycles. The van der Waals surface area contributed by atoms with Gasteiger partial charge in [0.15, 0.2) is 0 Å². The van der Waals surface area contributed by atoms with E-state index in [9.17, 15) is 19.5 Å². The van der Waals surface area contributed by atoms with Crippen LogP contribution in [-0.4, -0.2) is 60.1 Å². The Labute approximate surface area is 185 Å². The lowest BCUT2D eigenvalue weighted by molar-refractivity contribution is -0.169. The van der Waals surface area contributed by atoms with Crippen molar-refractivity contribution in [2.24, 2.45) is 5.92 Å². The monoisotopic (exact) mass is 439 g/mol. The fourth-order valence-corrected chi connectivity index (χ4v) is 4.29. The molecule has 0 spiro atoms. The number of aliphatic hydroxyl groups is 1. The van der Waals surface area contributed by atoms with Crippen molar-refractivity contribution in [3.05, 3.63) is 54.1 Å². The summed E-state index contributed by atoms with van der Waals surface area (Å²) in [6.45, 7) is 0. The van der Waals surface area contributed by atoms with Crippen LogP contribution in [0.2, 0.25) is 0 Å². The largest absolute Gasteiger partial charge is 0.497 e. The molecule has 8 nitrogen and oxygen atoms in total. The molecule has 1 N–H and O–H groups in total. The Bertz CT molecular complexity index is 1000. The summed E-state index contributed by atoms with van der Waals surface area (Å²) in [6, 6.07) is 12.0. The van der Waals surface area contributed by atoms with Gasteiger partial charge in [-0.05, 0) is 61.4 Å². The van der Waals surface area contributed by atoms with E-state index in [0.717, 1.165) is 4.90 Å². The number of likely N-dealkylation sites (tertiary alicyclic amines) is 1. The van der Waals surface area contributed by atoms with E-state index in [1.54, 1.807) is 55.6 Å². The maximum atomic E-state index is 13.1. The van der Waals surface area contributed by atoms with E-state index in [0.29, 0.717) is 36.5 Å². The number of hydrogen-bond donors (Lipinski definition) is 1. The summed E-state index contributed by atoms with van der Waals surface area (Å²) in [7, 11) is 3.06. The van der Waals surface area contributed by atoms with Gasteiger partial charge in [-0.3, -0.25) is 19.3 Å². The van der Waals surface area contributed by atoms with Gasteiger partial charge in [-0.1, -0.05) is 0 Å². The van der Waals surface area contributed by atoms with Crippen molar-refractivity contribution in [2.45, 2.75) is 37.5 Å². The molecule has 4 rings (SSSR count). The van der Waals surface area contributed by atoms with Crippen LogP contribution in [-0.2, 0) is 9.59 Å². The van der Waals surface area contributed by atoms with Gasteiger partial charge in [0, 0.05) is 17.9 Å². The van der Waals surface area contributed by atoms with Crippen LogP contribution in [0, 0.1) is 5.92 Å². The number of benzene rings is 2. The lowest BCUT2D eigenvalue weighted by Gasteiger charge is -2.48. The molecule has 1 aliphatic carbocycles. The lowest BCUT2D eigenvalue weighted by atomic mass is 9.83. The van der Waals surface area contributed by atoms with Gasteiger partial charge in [-0.2, -0.15) is 0 Å². The number of rotatable bonds is 7. The number of hydrogen-bond acceptors (Lipinski definition) is 7. The van der Waals surface area contributed by atoms with Gasteiger partial charge < -0.3 is 19.3 Å². The van der Waals surface area contributed by atoms with Gasteiger partial charge in [0.2, 0.25) is 6.10 Å². The number of aliphatic hydroxyl groups excluding tert-OH is 1. The van der Waals surface area contributed by atoms with E-state index in [1.165, 1.54) is 7.11 Å². The van der Waals surface area contributed by atoms with E-state index in [2.05, 4.69) is 0 Å². The van der Waals surface area contributed by atoms with Crippen molar-refractivity contribution in [3.63, 3.8) is 0 Å². The second-order valence-corrected chi connectivity index (χ2v) is 7.90. The molecule has 1 heterocycles. The molecular weight excluding hydrogens is 414 g/mol. The number of ketones is 1. The number of carbonyl (C=O) groups is 3. The van der Waals surface area contributed by atoms with Crippen LogP contribution < -0.4 is 14.2 Å². The van der Waals surface area contributed by atoms with Crippen LogP contribution in [0.3, 0.4) is 0 Å². The van der Waals surface area contributed by atoms with Gasteiger partial charge in [-0.25, -0.2) is 0 Å². The van der Waals surface area contributed by atoms with E-state index >= 15 is 0 Å². The minimum atomic E-state index is -1.20. The zero-order valence-corrected chi connectivity index (χ0v) is 17.9. The maximum Gasteiger partial charge on any atom is 0.273 e. The zero-order valence-electron chi connectivity index (χ0n) is 17.9. The van der Waals surface area contributed by atoms with Crippen molar-refractivity contribution >= 4 is 17.6 Å². The standard InChI is InChI=1S/C24H25NO7/c1-30-15-8-6-14(7-9-15)23(28)25-20(21(27)18-4-3-5-19(18)26)22(24(25)29)32-17-12-10-16(31-2)11-13-17/h6-13,18,20-22,27H,3-5H2,1-2H3/t18-,20-,21+,22+/m0/s1. The topological polar surface area (TPSA) is 102 Å². The molecule has 0 bridgehead atoms. The third-order valence-corrected chi connectivity index (χ3v) is 6.08. The summed E-state index contributed by atoms with van der Waals surface area (Å²) in [5.74, 6) is -0.196. The highest BCUT2D eigenvalue weighted by molar-refractivity contribution is 6.10. The first kappa shape index (κ1) is 21.8. The molecule has 2 amide bonds. The van der Waals surface area contributed by atoms with E-state index in [-0.39, 0.29) is 11.3 Å². The fourth-order valence-electron chi connectivity index (χ4n) is 4.29. The number of carbonyl (C=O) groups excluding carboxylic acids is 3. The second-order valence-electron chi connectivity index (χ2n) is 7.90. The number of nitrogens with zero attached hydrogens (tertiary/aromatic N) is 1. The molecule has 8 heteroatoms. The maximum absolute atomic E-state index is 13.1. The summed E-state index contributed by atoms with van der Waals surface area (Å²) in [4.78, 5) is 39.4. The van der Waals surface area contributed by atoms with Crippen molar-refractivity contribution in [2.75, 3.05) is 14.2 Å². The molecule has 32 heavy (non-hydrogen) atoms. The van der Waals surface area contributed by atoms with E-state index < -0.39 is 36.0 Å². The number of Topliss-reactive ketones (excluding diaryl/α,β-unsaturated/α-hetero) is 1. The fraction of sp³-hybridized carbons (Fsp3) is 0.375. The molecule has 2 aliphatic rings. The predicted octanol–water partition coefficient (Wildman–Crippen LogP) is 2.23. The first-order valence-electron chi connectivity index (χ1n) is 10.5. The van der Waals surface area contributed by atoms with Gasteiger partial charge >= 0.3 is 0 Å². The van der Waals surface area contributed by atoms with Crippen molar-refractivity contribution < 1.29 is 33.7 Å². The molecule has 168 valence electrons. The summed E-state index contributed by atoms with van der Waals surface area (Å²) >= 11 is 0. The smallest absolute Gasteiger partial charge is 0.273 e. The van der Waals surface area contributed by atoms with Crippen molar-refractivity contribution in [1.82, 2.24) is 4.90 Å². The third-order valence-electron chi connectivity index (χ3n) is 6.08. The van der Waals surface area contributed by atoms with Gasteiger partial charge in [0.25, 0.3) is 11.8 Å². The number of β-lactam (4-membered cyclic amide) rings is 1. The van der Waals surface area contributed by atoms with Crippen LogP contribution in [0.1, 0.15) is 29.6 Å². The van der Waals surface area contributed by atoms with Gasteiger partial charge in [0.05, 0.1) is 20.3 Å². The Morgan fingerprint density at radius 3 is 2.06 bits per heavy atom. The molecule has 0 aromatic heterocycles. The van der Waals surface area contributed by atoms with Crippen LogP contribution >= 0.6 is 0 Å². The Morgan fingerprint density at radius 1 is 0.969 bits per heavy atom. The van der Waals surface area contributed by atoms with Crippen molar-refractivity contribution in [1.29, 1.82) is 0 Å². The summed E-state index contributed by atoms with van der Waals surface area (Å²) in [5, 5.41) is 11.0. The van der Waals surface area contributed by atoms with Crippen LogP contribution in [0.5, 0.6) is 17.2 Å². The average molecular weight is 439 g/mol. The molecule has 1 saturated heterocycles. The summed E-state index contributed by atoms with van der Waals surface area (Å²) < 4.78 is 16.1. The first-order chi connectivity index (χ1) is 15.4. The van der Waals surface area contributed by atoms with E-state index in [1.807, 2.05) is 0 Å². The third kappa shape index (κ3) is 3.93. The Balaban J connectivity index is 1.60. The molecule has 4 atom stereocenters. The van der Waals surface area contributed by atoms with Gasteiger partial charge in [-0.15, -0.1) is 0 Å². The quantitative estimate of drug-likeness (QED) is 0.521. The minimum Gasteiger partial charge on any atom is -0.497 e. The molecular formula is C24H25NO7. The van der Waals surface area contributed by atoms with E-state index in [4.69, 9.17) is 14.2 Å². The summed E-state index contributed by atoms with van der Waals surface area (Å²) in [6.07, 6.45) is -0.691. The van der Waals surface area contributed by atoms with Gasteiger partial charge in [0.1, 0.15) is 29.1 Å². The molecule has 1 aliphatic heterocycles. The highest BCUT2D eigenvalue weighted by Gasteiger charge is 2.58. The van der Waals surface area contributed by atoms with Crippen molar-refractivity contribution in [3.8, 4) is 17.2 Å². The Morgan fingerprint density at radius 2 is 1.53 bits per heavy atom.